The van der Waals surface area contributed by atoms with Gasteiger partial charge in [0, 0.05) is 12.7 Å². The van der Waals surface area contributed by atoms with E-state index in [1.165, 1.54) is 18.4 Å². The van der Waals surface area contributed by atoms with E-state index in [2.05, 4.69) is 5.32 Å². The maximum absolute atomic E-state index is 12.6. The molecule has 0 radical (unpaired) electrons. The van der Waals surface area contributed by atoms with Gasteiger partial charge in [0.1, 0.15) is 4.99 Å². The van der Waals surface area contributed by atoms with Crippen molar-refractivity contribution in [1.82, 2.24) is 0 Å². The van der Waals surface area contributed by atoms with Crippen molar-refractivity contribution in [3.63, 3.8) is 0 Å². The molecule has 1 aliphatic rings. The van der Waals surface area contributed by atoms with E-state index in [-0.39, 0.29) is 4.99 Å². The van der Waals surface area contributed by atoms with E-state index in [4.69, 9.17) is 12.2 Å². The molecule has 1 aromatic heterocycles. The van der Waals surface area contributed by atoms with Gasteiger partial charge in [-0.15, -0.1) is 11.3 Å². The van der Waals surface area contributed by atoms with Crippen LogP contribution in [0.5, 0.6) is 0 Å². The summed E-state index contributed by atoms with van der Waals surface area (Å²) >= 11 is 6.43. The number of thiophene rings is 1. The van der Waals surface area contributed by atoms with Gasteiger partial charge in [-0.05, 0) is 23.6 Å². The first-order valence-electron chi connectivity index (χ1n) is 6.38. The van der Waals surface area contributed by atoms with Gasteiger partial charge in [0.15, 0.2) is 5.25 Å². The summed E-state index contributed by atoms with van der Waals surface area (Å²) in [6.07, 6.45) is 0. The Kier molecular flexibility index (Phi) is 3.75. The lowest BCUT2D eigenvalue weighted by molar-refractivity contribution is 0.101. The lowest BCUT2D eigenvalue weighted by atomic mass is 10.2. The molecule has 0 saturated heterocycles. The summed E-state index contributed by atoms with van der Waals surface area (Å²) in [6, 6.07) is 10.6. The van der Waals surface area contributed by atoms with Crippen molar-refractivity contribution in [3.8, 4) is 0 Å². The molecule has 0 saturated carbocycles. The van der Waals surface area contributed by atoms with Crippen molar-refractivity contribution in [1.29, 1.82) is 0 Å². The Labute approximate surface area is 137 Å². The minimum Gasteiger partial charge on any atom is -0.348 e. The SMILES string of the molecule is CN1c2ccsc2C(=O)C(C(=S)Nc2ccccc2)S1(=O)=O. The Morgan fingerprint density at radius 3 is 2.64 bits per heavy atom. The van der Waals surface area contributed by atoms with Crippen LogP contribution in [0.1, 0.15) is 9.67 Å². The molecule has 3 rings (SSSR count). The second-order valence-electron chi connectivity index (χ2n) is 4.75. The van der Waals surface area contributed by atoms with E-state index in [1.54, 1.807) is 35.7 Å². The van der Waals surface area contributed by atoms with Gasteiger partial charge < -0.3 is 5.32 Å². The van der Waals surface area contributed by atoms with Gasteiger partial charge in [0.2, 0.25) is 5.78 Å². The van der Waals surface area contributed by atoms with E-state index < -0.39 is 21.1 Å². The number of carbonyl (C=O) groups is 1. The Bertz CT molecular complexity index is 843. The highest BCUT2D eigenvalue weighted by atomic mass is 32.2. The van der Waals surface area contributed by atoms with Crippen LogP contribution in [0.3, 0.4) is 0 Å². The van der Waals surface area contributed by atoms with E-state index in [0.29, 0.717) is 16.3 Å². The van der Waals surface area contributed by atoms with Crippen molar-refractivity contribution >= 4 is 55.7 Å². The molecular formula is C14H12N2O3S3. The van der Waals surface area contributed by atoms with Crippen molar-refractivity contribution in [2.45, 2.75) is 5.25 Å². The van der Waals surface area contributed by atoms with E-state index in [0.717, 1.165) is 4.31 Å². The number of sulfonamides is 1. The van der Waals surface area contributed by atoms with Crippen LogP contribution in [-0.2, 0) is 10.0 Å². The predicted molar refractivity (Wildman–Crippen MR) is 92.4 cm³/mol. The van der Waals surface area contributed by atoms with Crippen LogP contribution in [0.4, 0.5) is 11.4 Å². The summed E-state index contributed by atoms with van der Waals surface area (Å²) in [6.45, 7) is 0. The highest BCUT2D eigenvalue weighted by Gasteiger charge is 2.46. The third-order valence-corrected chi connectivity index (χ3v) is 6.82. The third kappa shape index (κ3) is 2.33. The molecule has 1 aliphatic heterocycles. The average Bonchev–Trinajstić information content (AvgIpc) is 2.95. The highest BCUT2D eigenvalue weighted by Crippen LogP contribution is 2.36. The van der Waals surface area contributed by atoms with Crippen LogP contribution in [0.2, 0.25) is 0 Å². The van der Waals surface area contributed by atoms with E-state index >= 15 is 0 Å². The van der Waals surface area contributed by atoms with Gasteiger partial charge in [-0.1, -0.05) is 30.4 Å². The molecule has 2 aromatic rings. The van der Waals surface area contributed by atoms with Crippen LogP contribution >= 0.6 is 23.6 Å². The first-order chi connectivity index (χ1) is 10.4. The number of anilines is 2. The molecule has 22 heavy (non-hydrogen) atoms. The van der Waals surface area contributed by atoms with Gasteiger partial charge >= 0.3 is 0 Å². The number of nitrogens with zero attached hydrogens (tertiary/aromatic N) is 1. The Morgan fingerprint density at radius 1 is 1.27 bits per heavy atom. The smallest absolute Gasteiger partial charge is 0.252 e. The Morgan fingerprint density at radius 2 is 1.95 bits per heavy atom. The number of rotatable bonds is 2. The third-order valence-electron chi connectivity index (χ3n) is 3.40. The van der Waals surface area contributed by atoms with Crippen molar-refractivity contribution in [2.24, 2.45) is 0 Å². The number of para-hydroxylation sites is 1. The topological polar surface area (TPSA) is 66.5 Å². The number of nitrogens with one attached hydrogen (secondary N) is 1. The van der Waals surface area contributed by atoms with Gasteiger partial charge in [0.25, 0.3) is 10.0 Å². The first kappa shape index (κ1) is 15.1. The molecule has 0 amide bonds. The van der Waals surface area contributed by atoms with E-state index in [9.17, 15) is 13.2 Å². The zero-order valence-corrected chi connectivity index (χ0v) is 14.0. The zero-order valence-electron chi connectivity index (χ0n) is 11.5. The molecule has 5 nitrogen and oxygen atoms in total. The van der Waals surface area contributed by atoms with Gasteiger partial charge in [-0.2, -0.15) is 0 Å². The van der Waals surface area contributed by atoms with Gasteiger partial charge in [0.05, 0.1) is 10.6 Å². The maximum atomic E-state index is 12.6. The highest BCUT2D eigenvalue weighted by molar-refractivity contribution is 7.97. The fourth-order valence-corrected chi connectivity index (χ4v) is 5.34. The molecule has 2 heterocycles. The van der Waals surface area contributed by atoms with Crippen molar-refractivity contribution in [2.75, 3.05) is 16.7 Å². The number of Topliss-reactive ketones (excluding diaryl/α,β-unsaturated/α-hetero) is 1. The summed E-state index contributed by atoms with van der Waals surface area (Å²) in [4.78, 5) is 13.0. The predicted octanol–water partition coefficient (Wildman–Crippen LogP) is 2.52. The second-order valence-corrected chi connectivity index (χ2v) is 8.15. The number of thiocarbonyl (C=S) groups is 1. The standard InChI is InChI=1S/C14H12N2O3S3/c1-16-10-7-8-21-12(10)11(17)13(22(16,18)19)14(20)15-9-5-3-2-4-6-9/h2-8,13H,1H3,(H,15,20). The van der Waals surface area contributed by atoms with Crippen molar-refractivity contribution < 1.29 is 13.2 Å². The molecule has 1 unspecified atom stereocenters. The molecule has 0 bridgehead atoms. The van der Waals surface area contributed by atoms with Crippen LogP contribution in [0.25, 0.3) is 0 Å². The molecule has 0 aliphatic carbocycles. The molecule has 1 N–H and O–H groups in total. The average molecular weight is 352 g/mol. The maximum Gasteiger partial charge on any atom is 0.252 e. The molecule has 1 atom stereocenters. The fraction of sp³-hybridized carbons (Fsp3) is 0.143. The van der Waals surface area contributed by atoms with Crippen molar-refractivity contribution in [3.05, 3.63) is 46.7 Å². The summed E-state index contributed by atoms with van der Waals surface area (Å²) in [7, 11) is -2.43. The Hall–Kier alpha value is -1.77. The Balaban J connectivity index is 1.99. The quantitative estimate of drug-likeness (QED) is 0.841. The van der Waals surface area contributed by atoms with Gasteiger partial charge in [-0.25, -0.2) is 8.42 Å². The van der Waals surface area contributed by atoms with Crippen LogP contribution in [-0.4, -0.2) is 31.5 Å². The molecule has 0 fully saturated rings. The van der Waals surface area contributed by atoms with Crippen LogP contribution in [0, 0.1) is 0 Å². The summed E-state index contributed by atoms with van der Waals surface area (Å²) in [5.41, 5.74) is 1.06. The van der Waals surface area contributed by atoms with Crippen LogP contribution < -0.4 is 9.62 Å². The monoisotopic (exact) mass is 352 g/mol. The van der Waals surface area contributed by atoms with Crippen LogP contribution in [0.15, 0.2) is 41.8 Å². The lowest BCUT2D eigenvalue weighted by Crippen LogP contribution is -2.50. The summed E-state index contributed by atoms with van der Waals surface area (Å²) in [5.74, 6) is -0.475. The number of benzene rings is 1. The zero-order chi connectivity index (χ0) is 15.9. The minimum atomic E-state index is -3.87. The summed E-state index contributed by atoms with van der Waals surface area (Å²) < 4.78 is 26.3. The molecule has 114 valence electrons. The molecular weight excluding hydrogens is 340 g/mol. The minimum absolute atomic E-state index is 0.0119. The number of fused-ring (bicyclic) bond motifs is 1. The van der Waals surface area contributed by atoms with Gasteiger partial charge in [-0.3, -0.25) is 9.10 Å². The lowest BCUT2D eigenvalue weighted by Gasteiger charge is -2.30. The van der Waals surface area contributed by atoms with E-state index in [1.807, 2.05) is 6.07 Å². The number of hydrogen-bond donors (Lipinski definition) is 1. The normalized spacial score (nSPS) is 19.6. The molecule has 8 heteroatoms. The number of hydrogen-bond acceptors (Lipinski definition) is 5. The largest absolute Gasteiger partial charge is 0.348 e. The first-order valence-corrected chi connectivity index (χ1v) is 9.17. The molecule has 1 aromatic carbocycles. The fourth-order valence-electron chi connectivity index (χ4n) is 2.27. The second kappa shape index (κ2) is 5.45. The molecule has 0 spiro atoms. The summed E-state index contributed by atoms with van der Waals surface area (Å²) in [5, 5.41) is 3.16. The number of ketones is 1. The number of carbonyl (C=O) groups excluding carboxylic acids is 1.